The number of hydrogen-bond acceptors (Lipinski definition) is 5. The van der Waals surface area contributed by atoms with Gasteiger partial charge in [0.2, 0.25) is 0 Å². The summed E-state index contributed by atoms with van der Waals surface area (Å²) in [5, 5.41) is 3.50. The van der Waals surface area contributed by atoms with Crippen molar-refractivity contribution in [1.82, 2.24) is 0 Å². The maximum absolute atomic E-state index is 6.49. The van der Waals surface area contributed by atoms with Crippen molar-refractivity contribution < 1.29 is 18.9 Å². The summed E-state index contributed by atoms with van der Waals surface area (Å²) in [5.74, 6) is 4.23. The molecule has 0 fully saturated rings. The molecule has 0 saturated heterocycles. The van der Waals surface area contributed by atoms with Crippen molar-refractivity contribution in [3.63, 3.8) is 0 Å². The summed E-state index contributed by atoms with van der Waals surface area (Å²) in [7, 11) is 1.67. The average molecular weight is 472 g/mol. The number of benzene rings is 3. The monoisotopic (exact) mass is 471 g/mol. The van der Waals surface area contributed by atoms with Crippen LogP contribution >= 0.6 is 0 Å². The molecule has 3 aromatic carbocycles. The van der Waals surface area contributed by atoms with E-state index in [4.69, 9.17) is 25.4 Å². The molecule has 35 heavy (non-hydrogen) atoms. The summed E-state index contributed by atoms with van der Waals surface area (Å²) in [6, 6.07) is 24.5. The molecule has 0 saturated carbocycles. The first-order valence-corrected chi connectivity index (χ1v) is 11.9. The highest BCUT2D eigenvalue weighted by molar-refractivity contribution is 5.54. The fraction of sp³-hybridized carbons (Fsp3) is 0.333. The van der Waals surface area contributed by atoms with E-state index < -0.39 is 5.60 Å². The van der Waals surface area contributed by atoms with Crippen LogP contribution in [-0.2, 0) is 22.4 Å². The predicted octanol–water partition coefficient (Wildman–Crippen LogP) is 5.80. The van der Waals surface area contributed by atoms with Gasteiger partial charge < -0.3 is 24.3 Å². The number of nitrogens with one attached hydrogen (secondary N) is 1. The third-order valence-electron chi connectivity index (χ3n) is 6.18. The maximum Gasteiger partial charge on any atom is 0.132 e. The standard InChI is InChI=1S/C30H33NO4/c1-5-18-34-29-28(33-19-17-22-9-7-6-8-10-22)26-20-24(13-16-27(26)35-30(29,2)3)31-21-23-11-14-25(32-4)15-12-23/h1,6-16,20,28-29,31H,17-19,21H2,2-4H3. The molecule has 0 bridgehead atoms. The molecule has 1 aliphatic rings. The second-order valence-corrected chi connectivity index (χ2v) is 9.12. The number of anilines is 1. The quantitative estimate of drug-likeness (QED) is 0.379. The molecule has 0 aromatic heterocycles. The van der Waals surface area contributed by atoms with Crippen LogP contribution in [0.4, 0.5) is 5.69 Å². The Labute approximate surface area is 208 Å². The van der Waals surface area contributed by atoms with Crippen LogP contribution in [0.1, 0.15) is 36.6 Å². The largest absolute Gasteiger partial charge is 0.497 e. The summed E-state index contributed by atoms with van der Waals surface area (Å²) in [5.41, 5.74) is 3.73. The molecule has 0 radical (unpaired) electrons. The molecule has 1 N–H and O–H groups in total. The summed E-state index contributed by atoms with van der Waals surface area (Å²) in [6.45, 7) is 5.47. The van der Waals surface area contributed by atoms with E-state index in [1.54, 1.807) is 7.11 Å². The fourth-order valence-corrected chi connectivity index (χ4v) is 4.34. The summed E-state index contributed by atoms with van der Waals surface area (Å²) < 4.78 is 24.2. The second kappa shape index (κ2) is 11.3. The first-order valence-electron chi connectivity index (χ1n) is 11.9. The van der Waals surface area contributed by atoms with E-state index in [0.717, 1.165) is 34.7 Å². The van der Waals surface area contributed by atoms with Gasteiger partial charge >= 0.3 is 0 Å². The molecule has 1 heterocycles. The van der Waals surface area contributed by atoms with Gasteiger partial charge in [-0.3, -0.25) is 0 Å². The van der Waals surface area contributed by atoms with E-state index in [9.17, 15) is 0 Å². The molecular formula is C30H33NO4. The van der Waals surface area contributed by atoms with Crippen LogP contribution in [0.5, 0.6) is 11.5 Å². The fourth-order valence-electron chi connectivity index (χ4n) is 4.34. The van der Waals surface area contributed by atoms with E-state index in [-0.39, 0.29) is 18.8 Å². The van der Waals surface area contributed by atoms with Crippen molar-refractivity contribution in [2.75, 3.05) is 25.6 Å². The van der Waals surface area contributed by atoms with Gasteiger partial charge in [0, 0.05) is 17.8 Å². The van der Waals surface area contributed by atoms with Gasteiger partial charge in [-0.25, -0.2) is 0 Å². The average Bonchev–Trinajstić information content (AvgIpc) is 2.87. The van der Waals surface area contributed by atoms with Crippen LogP contribution in [0.25, 0.3) is 0 Å². The van der Waals surface area contributed by atoms with Crippen LogP contribution in [0, 0.1) is 12.3 Å². The molecule has 4 rings (SSSR count). The Hall–Kier alpha value is -3.46. The Morgan fingerprint density at radius 3 is 2.46 bits per heavy atom. The lowest BCUT2D eigenvalue weighted by Crippen LogP contribution is -2.51. The van der Waals surface area contributed by atoms with Crippen LogP contribution in [0.2, 0.25) is 0 Å². The Morgan fingerprint density at radius 1 is 0.971 bits per heavy atom. The molecule has 0 amide bonds. The van der Waals surface area contributed by atoms with Crippen LogP contribution in [-0.4, -0.2) is 32.0 Å². The highest BCUT2D eigenvalue weighted by Crippen LogP contribution is 2.44. The van der Waals surface area contributed by atoms with Crippen LogP contribution < -0.4 is 14.8 Å². The van der Waals surface area contributed by atoms with E-state index in [0.29, 0.717) is 13.2 Å². The molecule has 1 aliphatic heterocycles. The van der Waals surface area contributed by atoms with Gasteiger partial charge in [-0.05, 0) is 61.7 Å². The topological polar surface area (TPSA) is 49.0 Å². The SMILES string of the molecule is C#CCOC1C(OCCc2ccccc2)c2cc(NCc3ccc(OC)cc3)ccc2OC1(C)C. The van der Waals surface area contributed by atoms with Crippen molar-refractivity contribution in [1.29, 1.82) is 0 Å². The zero-order valence-electron chi connectivity index (χ0n) is 20.6. The lowest BCUT2D eigenvalue weighted by molar-refractivity contribution is -0.156. The van der Waals surface area contributed by atoms with Crippen LogP contribution in [0.15, 0.2) is 72.8 Å². The number of methoxy groups -OCH3 is 1. The summed E-state index contributed by atoms with van der Waals surface area (Å²) >= 11 is 0. The first-order chi connectivity index (χ1) is 17.0. The number of ether oxygens (including phenoxy) is 4. The lowest BCUT2D eigenvalue weighted by Gasteiger charge is -2.44. The van der Waals surface area contributed by atoms with Gasteiger partial charge in [0.25, 0.3) is 0 Å². The Kier molecular flexibility index (Phi) is 7.97. The molecular weight excluding hydrogens is 438 g/mol. The number of fused-ring (bicyclic) bond motifs is 1. The normalized spacial score (nSPS) is 18.1. The van der Waals surface area contributed by atoms with Crippen molar-refractivity contribution in [3.8, 4) is 23.8 Å². The minimum atomic E-state index is -0.598. The highest BCUT2D eigenvalue weighted by Gasteiger charge is 2.45. The Balaban J connectivity index is 1.54. The van der Waals surface area contributed by atoms with E-state index in [1.165, 1.54) is 5.56 Å². The third-order valence-corrected chi connectivity index (χ3v) is 6.18. The molecule has 3 aromatic rings. The number of rotatable bonds is 10. The van der Waals surface area contributed by atoms with Gasteiger partial charge in [0.05, 0.1) is 13.7 Å². The molecule has 182 valence electrons. The van der Waals surface area contributed by atoms with E-state index >= 15 is 0 Å². The molecule has 5 heteroatoms. The smallest absolute Gasteiger partial charge is 0.132 e. The van der Waals surface area contributed by atoms with E-state index in [1.807, 2.05) is 56.3 Å². The first kappa shape index (κ1) is 24.7. The third kappa shape index (κ3) is 6.16. The predicted molar refractivity (Wildman–Crippen MR) is 139 cm³/mol. The van der Waals surface area contributed by atoms with Gasteiger partial charge in [-0.15, -0.1) is 6.42 Å². The van der Waals surface area contributed by atoms with Crippen molar-refractivity contribution >= 4 is 5.69 Å². The summed E-state index contributed by atoms with van der Waals surface area (Å²) in [6.07, 6.45) is 5.66. The Morgan fingerprint density at radius 2 is 1.74 bits per heavy atom. The van der Waals surface area contributed by atoms with E-state index in [2.05, 4.69) is 41.6 Å². The highest BCUT2D eigenvalue weighted by atomic mass is 16.6. The van der Waals surface area contributed by atoms with Gasteiger partial charge in [0.15, 0.2) is 0 Å². The second-order valence-electron chi connectivity index (χ2n) is 9.12. The van der Waals surface area contributed by atoms with Gasteiger partial charge in [0.1, 0.15) is 35.9 Å². The zero-order chi connectivity index (χ0) is 24.7. The van der Waals surface area contributed by atoms with Crippen molar-refractivity contribution in [2.45, 2.75) is 44.6 Å². The van der Waals surface area contributed by atoms with Gasteiger partial charge in [-0.1, -0.05) is 48.4 Å². The molecule has 2 atom stereocenters. The van der Waals surface area contributed by atoms with Crippen molar-refractivity contribution in [2.24, 2.45) is 0 Å². The van der Waals surface area contributed by atoms with Crippen molar-refractivity contribution in [3.05, 3.63) is 89.5 Å². The minimum absolute atomic E-state index is 0.195. The molecule has 2 unspecified atom stereocenters. The minimum Gasteiger partial charge on any atom is -0.497 e. The molecule has 0 aliphatic carbocycles. The number of terminal acetylenes is 1. The summed E-state index contributed by atoms with van der Waals surface area (Å²) in [4.78, 5) is 0. The molecule has 5 nitrogen and oxygen atoms in total. The van der Waals surface area contributed by atoms with Gasteiger partial charge in [-0.2, -0.15) is 0 Å². The maximum atomic E-state index is 6.49. The van der Waals surface area contributed by atoms with Crippen LogP contribution in [0.3, 0.4) is 0 Å². The number of hydrogen-bond donors (Lipinski definition) is 1. The molecule has 0 spiro atoms. The lowest BCUT2D eigenvalue weighted by atomic mass is 9.87. The Bertz CT molecular complexity index is 1140. The zero-order valence-corrected chi connectivity index (χ0v) is 20.6.